The normalized spacial score (nSPS) is 55.9. The van der Waals surface area contributed by atoms with Gasteiger partial charge in [-0.3, -0.25) is 4.79 Å². The van der Waals surface area contributed by atoms with Gasteiger partial charge in [0.05, 0.1) is 11.7 Å². The van der Waals surface area contributed by atoms with Crippen LogP contribution in [-0.2, 0) is 9.53 Å². The van der Waals surface area contributed by atoms with E-state index in [1.54, 1.807) is 7.11 Å². The molecule has 0 saturated heterocycles. The van der Waals surface area contributed by atoms with Crippen molar-refractivity contribution in [2.75, 3.05) is 7.11 Å². The number of aliphatic hydroxyl groups is 1. The van der Waals surface area contributed by atoms with E-state index in [4.69, 9.17) is 4.74 Å². The first-order valence-corrected chi connectivity index (χ1v) is 9.65. The molecule has 0 aromatic carbocycles. The van der Waals surface area contributed by atoms with Crippen LogP contribution in [0.25, 0.3) is 0 Å². The highest BCUT2D eigenvalue weighted by Gasteiger charge is 2.58. The summed E-state index contributed by atoms with van der Waals surface area (Å²) in [6.45, 7) is 4.20. The molecule has 4 aliphatic rings. The first-order chi connectivity index (χ1) is 10.9. The molecule has 4 saturated carbocycles. The summed E-state index contributed by atoms with van der Waals surface area (Å²) >= 11 is 0. The number of rotatable bonds is 1. The lowest BCUT2D eigenvalue weighted by molar-refractivity contribution is -0.164. The first kappa shape index (κ1) is 16.1. The van der Waals surface area contributed by atoms with Crippen LogP contribution < -0.4 is 0 Å². The van der Waals surface area contributed by atoms with E-state index in [1.807, 2.05) is 6.92 Å². The number of fused-ring (bicyclic) bond motifs is 5. The fourth-order valence-electron chi connectivity index (χ4n) is 7.14. The number of methoxy groups -OCH3 is 1. The van der Waals surface area contributed by atoms with Crippen LogP contribution in [0.4, 0.5) is 0 Å². The molecular formula is C20H32O3. The third-order valence-electron chi connectivity index (χ3n) is 8.37. The average molecular weight is 320 g/mol. The molecule has 4 rings (SSSR count). The van der Waals surface area contributed by atoms with E-state index in [-0.39, 0.29) is 11.5 Å². The van der Waals surface area contributed by atoms with E-state index < -0.39 is 5.60 Å². The van der Waals surface area contributed by atoms with Crippen molar-refractivity contribution in [3.05, 3.63) is 0 Å². The Hall–Kier alpha value is -0.410. The van der Waals surface area contributed by atoms with Crippen LogP contribution in [0, 0.1) is 35.0 Å². The monoisotopic (exact) mass is 320 g/mol. The zero-order valence-corrected chi connectivity index (χ0v) is 14.9. The van der Waals surface area contributed by atoms with Gasteiger partial charge >= 0.3 is 0 Å². The van der Waals surface area contributed by atoms with Gasteiger partial charge in [0.2, 0.25) is 0 Å². The molecular weight excluding hydrogens is 288 g/mol. The van der Waals surface area contributed by atoms with E-state index >= 15 is 0 Å². The summed E-state index contributed by atoms with van der Waals surface area (Å²) in [6.07, 6.45) is 8.62. The van der Waals surface area contributed by atoms with Gasteiger partial charge in [-0.15, -0.1) is 0 Å². The van der Waals surface area contributed by atoms with Crippen LogP contribution in [0.2, 0.25) is 0 Å². The SMILES string of the molecule is COC1CC2C(CCC3C2CCC2(C)C(=O)CCC32)CC1(C)O. The molecule has 0 radical (unpaired) electrons. The molecule has 23 heavy (non-hydrogen) atoms. The molecule has 0 amide bonds. The number of ketones is 1. The summed E-state index contributed by atoms with van der Waals surface area (Å²) < 4.78 is 5.65. The van der Waals surface area contributed by atoms with Crippen LogP contribution in [-0.4, -0.2) is 29.7 Å². The van der Waals surface area contributed by atoms with Crippen molar-refractivity contribution in [2.45, 2.75) is 76.9 Å². The van der Waals surface area contributed by atoms with Gasteiger partial charge in [0.25, 0.3) is 0 Å². The minimum absolute atomic E-state index is 0.0190. The third kappa shape index (κ3) is 2.26. The van der Waals surface area contributed by atoms with Gasteiger partial charge < -0.3 is 9.84 Å². The Bertz CT molecular complexity index is 499. The molecule has 130 valence electrons. The Labute approximate surface area is 140 Å². The fourth-order valence-corrected chi connectivity index (χ4v) is 7.14. The van der Waals surface area contributed by atoms with Crippen LogP contribution in [0.15, 0.2) is 0 Å². The number of carbonyl (C=O) groups excluding carboxylic acids is 1. The lowest BCUT2D eigenvalue weighted by atomic mass is 9.49. The second kappa shape index (κ2) is 5.29. The van der Waals surface area contributed by atoms with Crippen molar-refractivity contribution >= 4 is 5.78 Å². The van der Waals surface area contributed by atoms with E-state index in [9.17, 15) is 9.90 Å². The predicted octanol–water partition coefficient (Wildman–Crippen LogP) is 3.58. The minimum atomic E-state index is -0.671. The summed E-state index contributed by atoms with van der Waals surface area (Å²) in [7, 11) is 1.74. The number of carbonyl (C=O) groups is 1. The summed E-state index contributed by atoms with van der Waals surface area (Å²) in [5.41, 5.74) is -0.690. The summed E-state index contributed by atoms with van der Waals surface area (Å²) in [4.78, 5) is 12.4. The van der Waals surface area contributed by atoms with Gasteiger partial charge in [0.15, 0.2) is 0 Å². The largest absolute Gasteiger partial charge is 0.387 e. The molecule has 1 N–H and O–H groups in total. The minimum Gasteiger partial charge on any atom is -0.387 e. The molecule has 0 bridgehead atoms. The van der Waals surface area contributed by atoms with E-state index in [0.29, 0.717) is 23.5 Å². The van der Waals surface area contributed by atoms with Gasteiger partial charge in [-0.25, -0.2) is 0 Å². The lowest BCUT2D eigenvalue weighted by Gasteiger charge is -2.56. The second-order valence-electron chi connectivity index (χ2n) is 9.37. The molecule has 0 spiro atoms. The van der Waals surface area contributed by atoms with Crippen LogP contribution in [0.5, 0.6) is 0 Å². The predicted molar refractivity (Wildman–Crippen MR) is 88.9 cm³/mol. The molecule has 0 aromatic heterocycles. The van der Waals surface area contributed by atoms with Crippen LogP contribution in [0.3, 0.4) is 0 Å². The van der Waals surface area contributed by atoms with Gasteiger partial charge in [0.1, 0.15) is 5.78 Å². The quantitative estimate of drug-likeness (QED) is 0.803. The highest BCUT2D eigenvalue weighted by atomic mass is 16.5. The summed E-state index contributed by atoms with van der Waals surface area (Å²) in [6, 6.07) is 0. The standard InChI is InChI=1S/C20H32O3/c1-19-9-8-13-14(16(19)6-7-17(19)21)5-4-12-11-20(2,22)18(23-3)10-15(12)13/h12-16,18,22H,4-11H2,1-3H3. The third-order valence-corrected chi connectivity index (χ3v) is 8.37. The molecule has 3 nitrogen and oxygen atoms in total. The summed E-state index contributed by atoms with van der Waals surface area (Å²) in [5, 5.41) is 10.7. The van der Waals surface area contributed by atoms with Gasteiger partial charge in [-0.1, -0.05) is 6.92 Å². The number of hydrogen-bond acceptors (Lipinski definition) is 3. The molecule has 8 unspecified atom stereocenters. The molecule has 4 fully saturated rings. The number of ether oxygens (including phenoxy) is 1. The van der Waals surface area contributed by atoms with E-state index in [1.165, 1.54) is 19.3 Å². The maximum Gasteiger partial charge on any atom is 0.139 e. The lowest BCUT2D eigenvalue weighted by Crippen LogP contribution is -2.55. The maximum atomic E-state index is 12.4. The van der Waals surface area contributed by atoms with Crippen molar-refractivity contribution in [2.24, 2.45) is 35.0 Å². The molecule has 0 aromatic rings. The smallest absolute Gasteiger partial charge is 0.139 e. The first-order valence-electron chi connectivity index (χ1n) is 9.65. The highest BCUT2D eigenvalue weighted by Crippen LogP contribution is 2.62. The van der Waals surface area contributed by atoms with E-state index in [2.05, 4.69) is 6.92 Å². The number of hydrogen-bond donors (Lipinski definition) is 1. The number of Topliss-reactive ketones (excluding diaryl/α,β-unsaturated/α-hetero) is 1. The maximum absolute atomic E-state index is 12.4. The van der Waals surface area contributed by atoms with Gasteiger partial charge in [-0.2, -0.15) is 0 Å². The average Bonchev–Trinajstić information content (AvgIpc) is 2.81. The fraction of sp³-hybridized carbons (Fsp3) is 0.950. The van der Waals surface area contributed by atoms with Crippen LogP contribution >= 0.6 is 0 Å². The van der Waals surface area contributed by atoms with Crippen molar-refractivity contribution in [1.82, 2.24) is 0 Å². The van der Waals surface area contributed by atoms with Crippen molar-refractivity contribution in [3.63, 3.8) is 0 Å². The van der Waals surface area contributed by atoms with Gasteiger partial charge in [0, 0.05) is 18.9 Å². The molecule has 0 aliphatic heterocycles. The Balaban J connectivity index is 1.58. The van der Waals surface area contributed by atoms with E-state index in [0.717, 1.165) is 43.9 Å². The van der Waals surface area contributed by atoms with Crippen molar-refractivity contribution < 1.29 is 14.6 Å². The summed E-state index contributed by atoms with van der Waals surface area (Å²) in [5.74, 6) is 3.99. The molecule has 8 atom stereocenters. The topological polar surface area (TPSA) is 46.5 Å². The Morgan fingerprint density at radius 1 is 1.09 bits per heavy atom. The Kier molecular flexibility index (Phi) is 3.70. The Morgan fingerprint density at radius 3 is 2.61 bits per heavy atom. The zero-order chi connectivity index (χ0) is 16.4. The Morgan fingerprint density at radius 2 is 1.87 bits per heavy atom. The van der Waals surface area contributed by atoms with Crippen molar-refractivity contribution in [1.29, 1.82) is 0 Å². The second-order valence-corrected chi connectivity index (χ2v) is 9.37. The molecule has 0 heterocycles. The molecule has 3 heteroatoms. The van der Waals surface area contributed by atoms with Gasteiger partial charge in [-0.05, 0) is 81.5 Å². The van der Waals surface area contributed by atoms with Crippen molar-refractivity contribution in [3.8, 4) is 0 Å². The molecule has 4 aliphatic carbocycles. The highest BCUT2D eigenvalue weighted by molar-refractivity contribution is 5.87. The zero-order valence-electron chi connectivity index (χ0n) is 14.9. The van der Waals surface area contributed by atoms with Crippen LogP contribution in [0.1, 0.15) is 65.2 Å².